The first-order valence-electron chi connectivity index (χ1n) is 11.9. The molecule has 2 aliphatic carbocycles. The molecule has 0 radical (unpaired) electrons. The maximum Gasteiger partial charge on any atom is 0.410 e. The summed E-state index contributed by atoms with van der Waals surface area (Å²) in [6.45, 7) is 5.78. The summed E-state index contributed by atoms with van der Waals surface area (Å²) >= 11 is 0. The zero-order valence-electron chi connectivity index (χ0n) is 18.4. The molecule has 168 valence electrons. The second kappa shape index (κ2) is 7.99. The fraction of sp³-hybridized carbons (Fsp3) is 0.583. The van der Waals surface area contributed by atoms with Crippen molar-refractivity contribution in [1.82, 2.24) is 24.8 Å². The molecule has 2 saturated heterocycles. The number of likely N-dealkylation sites (tertiary alicyclic amines) is 1. The van der Waals surface area contributed by atoms with E-state index in [1.807, 2.05) is 17.2 Å². The van der Waals surface area contributed by atoms with Crippen LogP contribution in [-0.4, -0.2) is 82.3 Å². The maximum absolute atomic E-state index is 12.2. The van der Waals surface area contributed by atoms with Crippen LogP contribution in [0.15, 0.2) is 36.9 Å². The zero-order chi connectivity index (χ0) is 21.5. The Kier molecular flexibility index (Phi) is 4.97. The van der Waals surface area contributed by atoms with Gasteiger partial charge >= 0.3 is 6.09 Å². The van der Waals surface area contributed by atoms with Crippen LogP contribution in [0.25, 0.3) is 11.3 Å². The van der Waals surface area contributed by atoms with Crippen LogP contribution in [0.1, 0.15) is 32.1 Å². The van der Waals surface area contributed by atoms with E-state index in [0.29, 0.717) is 11.5 Å². The Bertz CT molecular complexity index is 967. The van der Waals surface area contributed by atoms with Crippen LogP contribution in [0.3, 0.4) is 0 Å². The number of piperazine rings is 1. The molecule has 2 aromatic heterocycles. The van der Waals surface area contributed by atoms with Crippen molar-refractivity contribution in [2.75, 3.05) is 44.2 Å². The number of rotatable bonds is 4. The first kappa shape index (κ1) is 19.9. The van der Waals surface area contributed by atoms with Gasteiger partial charge in [0.25, 0.3) is 0 Å². The summed E-state index contributed by atoms with van der Waals surface area (Å²) in [6, 6.07) is 4.67. The highest BCUT2D eigenvalue weighted by Crippen LogP contribution is 2.47. The molecule has 2 saturated carbocycles. The predicted octanol–water partition coefficient (Wildman–Crippen LogP) is 2.81. The molecule has 2 aromatic rings. The summed E-state index contributed by atoms with van der Waals surface area (Å²) < 4.78 is 5.46. The van der Waals surface area contributed by atoms with Crippen LogP contribution in [0.5, 0.6) is 0 Å². The van der Waals surface area contributed by atoms with Crippen LogP contribution < -0.4 is 4.90 Å². The molecule has 4 fully saturated rings. The number of carbonyl (C=O) groups is 1. The van der Waals surface area contributed by atoms with Crippen molar-refractivity contribution >= 4 is 11.9 Å². The number of aromatic nitrogens is 3. The third-order valence-electron chi connectivity index (χ3n) is 7.54. The number of pyridine rings is 1. The Morgan fingerprint density at radius 1 is 1.03 bits per heavy atom. The summed E-state index contributed by atoms with van der Waals surface area (Å²) in [5.74, 6) is 0.999. The summed E-state index contributed by atoms with van der Waals surface area (Å²) in [6.07, 6.45) is 12.9. The first-order valence-corrected chi connectivity index (χ1v) is 11.9. The fourth-order valence-corrected chi connectivity index (χ4v) is 5.66. The van der Waals surface area contributed by atoms with E-state index in [1.165, 1.54) is 19.3 Å². The van der Waals surface area contributed by atoms with E-state index >= 15 is 0 Å². The minimum absolute atomic E-state index is 0.0931. The fourth-order valence-electron chi connectivity index (χ4n) is 5.66. The molecule has 1 atom stereocenters. The largest absolute Gasteiger partial charge is 0.446 e. The van der Waals surface area contributed by atoms with Gasteiger partial charge in [0.1, 0.15) is 11.9 Å². The van der Waals surface area contributed by atoms with E-state index in [1.54, 1.807) is 18.6 Å². The molecular formula is C24H30N6O2. The molecule has 4 heterocycles. The third-order valence-corrected chi connectivity index (χ3v) is 7.54. The van der Waals surface area contributed by atoms with Crippen molar-refractivity contribution in [3.8, 4) is 11.3 Å². The lowest BCUT2D eigenvalue weighted by Gasteiger charge is -2.48. The van der Waals surface area contributed by atoms with Gasteiger partial charge in [-0.05, 0) is 44.2 Å². The normalized spacial score (nSPS) is 25.1. The van der Waals surface area contributed by atoms with Crippen molar-refractivity contribution < 1.29 is 9.53 Å². The van der Waals surface area contributed by atoms with Gasteiger partial charge in [0, 0.05) is 74.9 Å². The first-order chi connectivity index (χ1) is 15.7. The molecule has 2 aliphatic heterocycles. The standard InChI is InChI=1S/C24H30N6O2/c31-23(32-19-3-4-19)30-16-24(17-30)6-5-18(14-24)28-10-12-29(13-11-28)22-20(2-1-7-27-22)21-15-25-8-9-26-21/h1-2,7-9,15,18-19H,3-6,10-14,16-17H2. The van der Waals surface area contributed by atoms with Crippen LogP contribution >= 0.6 is 0 Å². The Hall–Kier alpha value is -2.74. The second-order valence-corrected chi connectivity index (χ2v) is 9.82. The van der Waals surface area contributed by atoms with Crippen LogP contribution in [0.4, 0.5) is 10.6 Å². The molecule has 32 heavy (non-hydrogen) atoms. The average molecular weight is 435 g/mol. The van der Waals surface area contributed by atoms with Gasteiger partial charge < -0.3 is 14.5 Å². The van der Waals surface area contributed by atoms with Gasteiger partial charge in [-0.1, -0.05) is 0 Å². The van der Waals surface area contributed by atoms with E-state index in [4.69, 9.17) is 4.74 Å². The third kappa shape index (κ3) is 3.81. The molecule has 1 unspecified atom stereocenters. The average Bonchev–Trinajstić information content (AvgIpc) is 3.52. The van der Waals surface area contributed by atoms with E-state index in [2.05, 4.69) is 30.8 Å². The van der Waals surface area contributed by atoms with Gasteiger partial charge in [0.05, 0.1) is 11.9 Å². The Morgan fingerprint density at radius 2 is 1.88 bits per heavy atom. The molecule has 8 heteroatoms. The molecule has 0 N–H and O–H groups in total. The quantitative estimate of drug-likeness (QED) is 0.732. The summed E-state index contributed by atoms with van der Waals surface area (Å²) in [5, 5.41) is 0. The van der Waals surface area contributed by atoms with Gasteiger partial charge in [-0.2, -0.15) is 0 Å². The highest BCUT2D eigenvalue weighted by molar-refractivity contribution is 5.72. The highest BCUT2D eigenvalue weighted by Gasteiger charge is 2.51. The molecule has 4 aliphatic rings. The van der Waals surface area contributed by atoms with Gasteiger partial charge in [-0.25, -0.2) is 9.78 Å². The zero-order valence-corrected chi connectivity index (χ0v) is 18.4. The SMILES string of the molecule is O=C(OC1CC1)N1CC2(CCC(N3CCN(c4ncccc4-c4cnccn4)CC3)C2)C1. The Labute approximate surface area is 188 Å². The highest BCUT2D eigenvalue weighted by atomic mass is 16.6. The molecule has 1 amide bonds. The van der Waals surface area contributed by atoms with Crippen molar-refractivity contribution in [2.24, 2.45) is 5.41 Å². The van der Waals surface area contributed by atoms with E-state index < -0.39 is 0 Å². The van der Waals surface area contributed by atoms with Gasteiger partial charge in [0.15, 0.2) is 0 Å². The molecule has 1 spiro atoms. The van der Waals surface area contributed by atoms with Crippen molar-refractivity contribution in [3.63, 3.8) is 0 Å². The lowest BCUT2D eigenvalue weighted by Crippen LogP contribution is -2.58. The topological polar surface area (TPSA) is 74.7 Å². The summed E-state index contributed by atoms with van der Waals surface area (Å²) in [5.41, 5.74) is 2.23. The van der Waals surface area contributed by atoms with Crippen molar-refractivity contribution in [2.45, 2.75) is 44.2 Å². The Balaban J connectivity index is 1.04. The minimum Gasteiger partial charge on any atom is -0.446 e. The molecule has 8 nitrogen and oxygen atoms in total. The van der Waals surface area contributed by atoms with Gasteiger partial charge in [0.2, 0.25) is 0 Å². The lowest BCUT2D eigenvalue weighted by atomic mass is 9.78. The number of hydrogen-bond donors (Lipinski definition) is 0. The predicted molar refractivity (Wildman–Crippen MR) is 120 cm³/mol. The number of carbonyl (C=O) groups excluding carboxylic acids is 1. The van der Waals surface area contributed by atoms with Crippen LogP contribution in [0, 0.1) is 5.41 Å². The summed E-state index contributed by atoms with van der Waals surface area (Å²) in [4.78, 5) is 32.5. The van der Waals surface area contributed by atoms with E-state index in [9.17, 15) is 4.79 Å². The number of nitrogens with zero attached hydrogens (tertiary/aromatic N) is 6. The number of anilines is 1. The van der Waals surface area contributed by atoms with Crippen LogP contribution in [0.2, 0.25) is 0 Å². The maximum atomic E-state index is 12.2. The van der Waals surface area contributed by atoms with Crippen molar-refractivity contribution in [3.05, 3.63) is 36.9 Å². The second-order valence-electron chi connectivity index (χ2n) is 9.82. The number of hydrogen-bond acceptors (Lipinski definition) is 7. The smallest absolute Gasteiger partial charge is 0.410 e. The molecular weight excluding hydrogens is 404 g/mol. The molecule has 0 aromatic carbocycles. The number of amides is 1. The minimum atomic E-state index is -0.0931. The molecule has 0 bridgehead atoms. The van der Waals surface area contributed by atoms with Gasteiger partial charge in [-0.15, -0.1) is 0 Å². The van der Waals surface area contributed by atoms with E-state index in [0.717, 1.165) is 69.2 Å². The van der Waals surface area contributed by atoms with Gasteiger partial charge in [-0.3, -0.25) is 14.9 Å². The Morgan fingerprint density at radius 3 is 2.62 bits per heavy atom. The molecule has 6 rings (SSSR count). The lowest BCUT2D eigenvalue weighted by molar-refractivity contribution is -0.00678. The van der Waals surface area contributed by atoms with Crippen molar-refractivity contribution in [1.29, 1.82) is 0 Å². The monoisotopic (exact) mass is 434 g/mol. The summed E-state index contributed by atoms with van der Waals surface area (Å²) in [7, 11) is 0. The van der Waals surface area contributed by atoms with Crippen LogP contribution in [-0.2, 0) is 4.74 Å². The number of ether oxygens (including phenoxy) is 1. The van der Waals surface area contributed by atoms with E-state index in [-0.39, 0.29) is 12.2 Å².